The molecule has 0 saturated carbocycles. The van der Waals surface area contributed by atoms with Gasteiger partial charge in [0.15, 0.2) is 0 Å². The summed E-state index contributed by atoms with van der Waals surface area (Å²) in [5.74, 6) is -0.571. The first kappa shape index (κ1) is 19.6. The second kappa shape index (κ2) is 8.73. The van der Waals surface area contributed by atoms with E-state index in [1.807, 2.05) is 18.2 Å². The average Bonchev–Trinajstić information content (AvgIpc) is 2.74. The van der Waals surface area contributed by atoms with Crippen molar-refractivity contribution in [2.75, 3.05) is 0 Å². The molecule has 0 bridgehead atoms. The van der Waals surface area contributed by atoms with Crippen LogP contribution in [0.15, 0.2) is 66.7 Å². The minimum atomic E-state index is -0.317. The van der Waals surface area contributed by atoms with Crippen LogP contribution in [0.4, 0.5) is 8.78 Å². The normalized spacial score (nSPS) is 11.4. The number of rotatable bonds is 7. The fraction of sp³-hybridized carbons (Fsp3) is 0.259. The van der Waals surface area contributed by atoms with Gasteiger partial charge in [-0.1, -0.05) is 87.2 Å². The molecule has 0 amide bonds. The summed E-state index contributed by atoms with van der Waals surface area (Å²) >= 11 is 0. The molecule has 0 N–H and O–H groups in total. The van der Waals surface area contributed by atoms with Crippen LogP contribution in [-0.4, -0.2) is 0 Å². The smallest absolute Gasteiger partial charge is 0.138 e. The van der Waals surface area contributed by atoms with Crippen LogP contribution in [0.5, 0.6) is 0 Å². The summed E-state index contributed by atoms with van der Waals surface area (Å²) in [6.45, 7) is 2.24. The Morgan fingerprint density at radius 3 is 2.17 bits per heavy atom. The Labute approximate surface area is 171 Å². The molecule has 0 heterocycles. The fourth-order valence-corrected chi connectivity index (χ4v) is 4.10. The van der Waals surface area contributed by atoms with E-state index in [0.29, 0.717) is 16.5 Å². The summed E-state index contributed by atoms with van der Waals surface area (Å²) in [5.41, 5.74) is 2.53. The summed E-state index contributed by atoms with van der Waals surface area (Å²) in [5, 5.41) is 3.74. The zero-order valence-corrected chi connectivity index (χ0v) is 16.8. The van der Waals surface area contributed by atoms with Crippen molar-refractivity contribution in [3.8, 4) is 11.1 Å². The molecule has 0 aliphatic rings. The molecule has 2 heteroatoms. The molecule has 29 heavy (non-hydrogen) atoms. The van der Waals surface area contributed by atoms with Gasteiger partial charge >= 0.3 is 0 Å². The first-order chi connectivity index (χ1) is 14.2. The standard InChI is InChI=1S/C27H26F2/c1-2-3-4-5-6-7-19-8-14-23-21(18-19)11-15-26-25(23)17-16-24(27(26)29)20-9-12-22(28)13-10-20/h8-18H,2-7H2,1H3. The van der Waals surface area contributed by atoms with E-state index >= 15 is 4.39 Å². The van der Waals surface area contributed by atoms with Crippen LogP contribution in [-0.2, 0) is 6.42 Å². The lowest BCUT2D eigenvalue weighted by atomic mass is 9.95. The SMILES string of the molecule is CCCCCCCc1ccc2c(ccc3c(F)c(-c4ccc(F)cc4)ccc32)c1. The van der Waals surface area contributed by atoms with Crippen LogP contribution in [0.3, 0.4) is 0 Å². The molecule has 0 aliphatic carbocycles. The van der Waals surface area contributed by atoms with Crippen molar-refractivity contribution in [2.24, 2.45) is 0 Å². The highest BCUT2D eigenvalue weighted by Crippen LogP contribution is 2.33. The Morgan fingerprint density at radius 2 is 1.38 bits per heavy atom. The Bertz CT molecular complexity index is 1130. The molecule has 148 valence electrons. The minimum absolute atomic E-state index is 0.254. The van der Waals surface area contributed by atoms with Crippen molar-refractivity contribution >= 4 is 21.5 Å². The zero-order valence-electron chi connectivity index (χ0n) is 16.8. The predicted octanol–water partition coefficient (Wildman–Crippen LogP) is 8.45. The third kappa shape index (κ3) is 4.17. The fourth-order valence-electron chi connectivity index (χ4n) is 4.10. The monoisotopic (exact) mass is 388 g/mol. The van der Waals surface area contributed by atoms with E-state index in [1.165, 1.54) is 49.8 Å². The van der Waals surface area contributed by atoms with E-state index in [0.717, 1.165) is 22.6 Å². The number of aryl methyl sites for hydroxylation is 1. The van der Waals surface area contributed by atoms with Gasteiger partial charge in [0.1, 0.15) is 11.6 Å². The van der Waals surface area contributed by atoms with Crippen molar-refractivity contribution < 1.29 is 8.78 Å². The molecule has 0 saturated heterocycles. The third-order valence-electron chi connectivity index (χ3n) is 5.74. The van der Waals surface area contributed by atoms with E-state index in [-0.39, 0.29) is 11.6 Å². The van der Waals surface area contributed by atoms with E-state index < -0.39 is 0 Å². The van der Waals surface area contributed by atoms with Gasteiger partial charge in [0.2, 0.25) is 0 Å². The second-order valence-corrected chi connectivity index (χ2v) is 7.81. The maximum Gasteiger partial charge on any atom is 0.138 e. The van der Waals surface area contributed by atoms with E-state index in [2.05, 4.69) is 25.1 Å². The Morgan fingerprint density at radius 1 is 0.655 bits per heavy atom. The van der Waals surface area contributed by atoms with Crippen molar-refractivity contribution in [2.45, 2.75) is 45.4 Å². The van der Waals surface area contributed by atoms with Gasteiger partial charge in [0.25, 0.3) is 0 Å². The van der Waals surface area contributed by atoms with Crippen LogP contribution in [0.25, 0.3) is 32.7 Å². The van der Waals surface area contributed by atoms with Gasteiger partial charge < -0.3 is 0 Å². The molecular weight excluding hydrogens is 362 g/mol. The molecule has 0 fully saturated rings. The van der Waals surface area contributed by atoms with Crippen LogP contribution in [0.2, 0.25) is 0 Å². The maximum absolute atomic E-state index is 15.2. The highest BCUT2D eigenvalue weighted by molar-refractivity contribution is 6.08. The quantitative estimate of drug-likeness (QED) is 0.220. The van der Waals surface area contributed by atoms with Crippen molar-refractivity contribution in [3.63, 3.8) is 0 Å². The topological polar surface area (TPSA) is 0 Å². The Balaban J connectivity index is 1.65. The molecule has 0 unspecified atom stereocenters. The van der Waals surface area contributed by atoms with Crippen molar-refractivity contribution in [1.82, 2.24) is 0 Å². The van der Waals surface area contributed by atoms with Crippen LogP contribution >= 0.6 is 0 Å². The number of fused-ring (bicyclic) bond motifs is 3. The summed E-state index contributed by atoms with van der Waals surface area (Å²) in [4.78, 5) is 0. The highest BCUT2D eigenvalue weighted by Gasteiger charge is 2.12. The summed E-state index contributed by atoms with van der Waals surface area (Å²) in [7, 11) is 0. The van der Waals surface area contributed by atoms with E-state index in [9.17, 15) is 4.39 Å². The number of halogens is 2. The average molecular weight is 389 g/mol. The van der Waals surface area contributed by atoms with Gasteiger partial charge in [0, 0.05) is 10.9 Å². The van der Waals surface area contributed by atoms with Crippen molar-refractivity contribution in [3.05, 3.63) is 83.9 Å². The zero-order chi connectivity index (χ0) is 20.2. The highest BCUT2D eigenvalue weighted by atomic mass is 19.1. The number of hydrogen-bond donors (Lipinski definition) is 0. The molecule has 4 rings (SSSR count). The van der Waals surface area contributed by atoms with Gasteiger partial charge in [-0.05, 0) is 52.3 Å². The Kier molecular flexibility index (Phi) is 5.89. The van der Waals surface area contributed by atoms with Crippen LogP contribution < -0.4 is 0 Å². The first-order valence-electron chi connectivity index (χ1n) is 10.6. The van der Waals surface area contributed by atoms with Gasteiger partial charge in [-0.15, -0.1) is 0 Å². The number of benzene rings is 4. The molecule has 4 aromatic rings. The largest absolute Gasteiger partial charge is 0.207 e. The molecule has 0 radical (unpaired) electrons. The lowest BCUT2D eigenvalue weighted by molar-refractivity contribution is 0.627. The molecule has 0 aromatic heterocycles. The lowest BCUT2D eigenvalue weighted by Gasteiger charge is -2.11. The third-order valence-corrected chi connectivity index (χ3v) is 5.74. The minimum Gasteiger partial charge on any atom is -0.207 e. The predicted molar refractivity (Wildman–Crippen MR) is 119 cm³/mol. The number of unbranched alkanes of at least 4 members (excludes halogenated alkanes) is 4. The van der Waals surface area contributed by atoms with Gasteiger partial charge in [-0.2, -0.15) is 0 Å². The van der Waals surface area contributed by atoms with E-state index in [1.54, 1.807) is 18.2 Å². The van der Waals surface area contributed by atoms with Crippen LogP contribution in [0.1, 0.15) is 44.6 Å². The molecule has 0 atom stereocenters. The van der Waals surface area contributed by atoms with Gasteiger partial charge in [0.05, 0.1) is 0 Å². The van der Waals surface area contributed by atoms with Gasteiger partial charge in [-0.3, -0.25) is 0 Å². The summed E-state index contributed by atoms with van der Waals surface area (Å²) in [6.07, 6.45) is 7.48. The Hall–Kier alpha value is -2.74. The molecule has 0 spiro atoms. The second-order valence-electron chi connectivity index (χ2n) is 7.81. The summed E-state index contributed by atoms with van der Waals surface area (Å²) in [6, 6.07) is 20.1. The van der Waals surface area contributed by atoms with Gasteiger partial charge in [-0.25, -0.2) is 8.78 Å². The van der Waals surface area contributed by atoms with Crippen molar-refractivity contribution in [1.29, 1.82) is 0 Å². The lowest BCUT2D eigenvalue weighted by Crippen LogP contribution is -1.90. The molecule has 0 aliphatic heterocycles. The van der Waals surface area contributed by atoms with Crippen LogP contribution in [0, 0.1) is 11.6 Å². The van der Waals surface area contributed by atoms with E-state index in [4.69, 9.17) is 0 Å². The molecule has 4 aromatic carbocycles. The first-order valence-corrected chi connectivity index (χ1v) is 10.6. The summed E-state index contributed by atoms with van der Waals surface area (Å²) < 4.78 is 28.4. The number of hydrogen-bond acceptors (Lipinski definition) is 0. The molecule has 0 nitrogen and oxygen atoms in total. The molecular formula is C27H26F2. The maximum atomic E-state index is 15.2.